The van der Waals surface area contributed by atoms with Crippen molar-refractivity contribution in [3.8, 4) is 17.3 Å². The molecule has 0 radical (unpaired) electrons. The first kappa shape index (κ1) is 18.6. The van der Waals surface area contributed by atoms with E-state index >= 15 is 0 Å². The second kappa shape index (κ2) is 9.52. The number of hydrogen-bond acceptors (Lipinski definition) is 5. The maximum atomic E-state index is 12.7. The molecule has 0 aliphatic rings. The van der Waals surface area contributed by atoms with Gasteiger partial charge in [0.2, 0.25) is 0 Å². The number of methoxy groups -OCH3 is 2. The third kappa shape index (κ3) is 4.86. The summed E-state index contributed by atoms with van der Waals surface area (Å²) >= 11 is 0. The predicted octanol–water partition coefficient (Wildman–Crippen LogP) is 2.36. The fourth-order valence-corrected chi connectivity index (χ4v) is 2.40. The van der Waals surface area contributed by atoms with Gasteiger partial charge in [0.25, 0.3) is 5.91 Å². The van der Waals surface area contributed by atoms with Gasteiger partial charge in [0, 0.05) is 44.6 Å². The molecule has 2 aromatic rings. The van der Waals surface area contributed by atoms with E-state index in [1.165, 1.54) is 0 Å². The normalized spacial score (nSPS) is 10.3. The molecule has 0 N–H and O–H groups in total. The van der Waals surface area contributed by atoms with E-state index in [-0.39, 0.29) is 5.91 Å². The van der Waals surface area contributed by atoms with Crippen molar-refractivity contribution in [2.45, 2.75) is 0 Å². The molecule has 1 aromatic heterocycles. The minimum Gasteiger partial charge on any atom is -0.383 e. The summed E-state index contributed by atoms with van der Waals surface area (Å²) in [5.74, 6) is -0.0813. The van der Waals surface area contributed by atoms with Crippen LogP contribution in [-0.2, 0) is 9.47 Å². The summed E-state index contributed by atoms with van der Waals surface area (Å²) in [4.78, 5) is 18.6. The van der Waals surface area contributed by atoms with Crippen molar-refractivity contribution in [3.63, 3.8) is 0 Å². The van der Waals surface area contributed by atoms with Gasteiger partial charge in [-0.1, -0.05) is 12.1 Å². The van der Waals surface area contributed by atoms with Gasteiger partial charge in [-0.15, -0.1) is 0 Å². The Kier molecular flexibility index (Phi) is 7.08. The van der Waals surface area contributed by atoms with E-state index < -0.39 is 0 Å². The Morgan fingerprint density at radius 1 is 1.12 bits per heavy atom. The number of carbonyl (C=O) groups excluding carboxylic acids is 1. The summed E-state index contributed by atoms with van der Waals surface area (Å²) < 4.78 is 10.1. The third-order valence-electron chi connectivity index (χ3n) is 3.75. The quantitative estimate of drug-likeness (QED) is 0.738. The molecule has 0 aliphatic carbocycles. The number of rotatable bonds is 8. The topological polar surface area (TPSA) is 75.5 Å². The Bertz CT molecular complexity index is 730. The number of pyridine rings is 1. The fourth-order valence-electron chi connectivity index (χ4n) is 2.40. The van der Waals surface area contributed by atoms with Crippen LogP contribution in [0.4, 0.5) is 0 Å². The van der Waals surface area contributed by atoms with Crippen molar-refractivity contribution < 1.29 is 14.3 Å². The van der Waals surface area contributed by atoms with Crippen LogP contribution >= 0.6 is 0 Å². The maximum Gasteiger partial charge on any atom is 0.254 e. The molecule has 0 fully saturated rings. The Morgan fingerprint density at radius 3 is 2.32 bits per heavy atom. The number of hydrogen-bond donors (Lipinski definition) is 0. The van der Waals surface area contributed by atoms with Crippen molar-refractivity contribution in [2.24, 2.45) is 0 Å². The summed E-state index contributed by atoms with van der Waals surface area (Å²) in [5.41, 5.74) is 2.49. The Balaban J connectivity index is 2.19. The van der Waals surface area contributed by atoms with Gasteiger partial charge in [-0.25, -0.2) is 0 Å². The minimum atomic E-state index is -0.0813. The number of benzene rings is 1. The van der Waals surface area contributed by atoms with E-state index in [0.29, 0.717) is 43.1 Å². The predicted molar refractivity (Wildman–Crippen MR) is 94.0 cm³/mol. The number of ether oxygens (including phenoxy) is 2. The van der Waals surface area contributed by atoms with Gasteiger partial charge in [-0.3, -0.25) is 9.78 Å². The maximum absolute atomic E-state index is 12.7. The van der Waals surface area contributed by atoms with Crippen LogP contribution in [0.5, 0.6) is 0 Å². The SMILES string of the molecule is COCCN(CCOC)C(=O)c1ccc(-c2ncccc2C#N)cc1. The molecule has 1 aromatic carbocycles. The first-order valence-electron chi connectivity index (χ1n) is 7.94. The van der Waals surface area contributed by atoms with Crippen LogP contribution in [0.2, 0.25) is 0 Å². The number of amides is 1. The molecule has 25 heavy (non-hydrogen) atoms. The lowest BCUT2D eigenvalue weighted by atomic mass is 10.0. The molecule has 0 saturated carbocycles. The number of nitriles is 1. The average Bonchev–Trinajstić information content (AvgIpc) is 2.67. The van der Waals surface area contributed by atoms with Crippen molar-refractivity contribution in [1.29, 1.82) is 5.26 Å². The van der Waals surface area contributed by atoms with Crippen LogP contribution in [0.25, 0.3) is 11.3 Å². The van der Waals surface area contributed by atoms with E-state index in [1.807, 2.05) is 0 Å². The molecule has 0 unspecified atom stereocenters. The van der Waals surface area contributed by atoms with Gasteiger partial charge >= 0.3 is 0 Å². The smallest absolute Gasteiger partial charge is 0.254 e. The first-order chi connectivity index (χ1) is 12.2. The Morgan fingerprint density at radius 2 is 1.76 bits per heavy atom. The summed E-state index contributed by atoms with van der Waals surface area (Å²) in [6, 6.07) is 12.7. The highest BCUT2D eigenvalue weighted by Crippen LogP contribution is 2.21. The van der Waals surface area contributed by atoms with E-state index in [2.05, 4.69) is 11.1 Å². The molecule has 1 amide bonds. The highest BCUT2D eigenvalue weighted by molar-refractivity contribution is 5.94. The van der Waals surface area contributed by atoms with Crippen LogP contribution in [0.1, 0.15) is 15.9 Å². The van der Waals surface area contributed by atoms with E-state index in [1.54, 1.807) is 61.7 Å². The Hall–Kier alpha value is -2.75. The molecule has 0 saturated heterocycles. The van der Waals surface area contributed by atoms with Crippen molar-refractivity contribution in [1.82, 2.24) is 9.88 Å². The van der Waals surface area contributed by atoms with Gasteiger partial charge < -0.3 is 14.4 Å². The first-order valence-corrected chi connectivity index (χ1v) is 7.94. The molecule has 0 bridgehead atoms. The molecule has 0 aliphatic heterocycles. The second-order valence-corrected chi connectivity index (χ2v) is 5.37. The lowest BCUT2D eigenvalue weighted by molar-refractivity contribution is 0.0627. The lowest BCUT2D eigenvalue weighted by Crippen LogP contribution is -2.36. The van der Waals surface area contributed by atoms with Gasteiger partial charge in [-0.2, -0.15) is 5.26 Å². The largest absolute Gasteiger partial charge is 0.383 e. The third-order valence-corrected chi connectivity index (χ3v) is 3.75. The molecule has 0 atom stereocenters. The zero-order chi connectivity index (χ0) is 18.1. The molecular weight excluding hydrogens is 318 g/mol. The molecule has 6 heteroatoms. The summed E-state index contributed by atoms with van der Waals surface area (Å²) in [6.07, 6.45) is 1.65. The van der Waals surface area contributed by atoms with Gasteiger partial charge in [0.1, 0.15) is 6.07 Å². The standard InChI is InChI=1S/C19H21N3O3/c1-24-12-10-22(11-13-25-2)19(23)16-7-5-15(6-8-16)18-17(14-20)4-3-9-21-18/h3-9H,10-13H2,1-2H3. The van der Waals surface area contributed by atoms with Crippen molar-refractivity contribution >= 4 is 5.91 Å². The van der Waals surface area contributed by atoms with Gasteiger partial charge in [-0.05, 0) is 24.3 Å². The summed E-state index contributed by atoms with van der Waals surface area (Å²) in [6.45, 7) is 1.93. The summed E-state index contributed by atoms with van der Waals surface area (Å²) in [5, 5.41) is 9.19. The zero-order valence-corrected chi connectivity index (χ0v) is 14.4. The van der Waals surface area contributed by atoms with Crippen molar-refractivity contribution in [2.75, 3.05) is 40.5 Å². The molecule has 2 rings (SSSR count). The fraction of sp³-hybridized carbons (Fsp3) is 0.316. The lowest BCUT2D eigenvalue weighted by Gasteiger charge is -2.22. The van der Waals surface area contributed by atoms with E-state index in [9.17, 15) is 10.1 Å². The van der Waals surface area contributed by atoms with Crippen LogP contribution < -0.4 is 0 Å². The van der Waals surface area contributed by atoms with Gasteiger partial charge in [0.15, 0.2) is 0 Å². The molecule has 130 valence electrons. The van der Waals surface area contributed by atoms with E-state index in [0.717, 1.165) is 5.56 Å². The Labute approximate surface area is 147 Å². The van der Waals surface area contributed by atoms with Crippen molar-refractivity contribution in [3.05, 3.63) is 53.7 Å². The number of aromatic nitrogens is 1. The van der Waals surface area contributed by atoms with Crippen LogP contribution in [0, 0.1) is 11.3 Å². The highest BCUT2D eigenvalue weighted by Gasteiger charge is 2.16. The molecule has 0 spiro atoms. The molecular formula is C19H21N3O3. The van der Waals surface area contributed by atoms with E-state index in [4.69, 9.17) is 9.47 Å². The average molecular weight is 339 g/mol. The second-order valence-electron chi connectivity index (χ2n) is 5.37. The van der Waals surface area contributed by atoms with Crippen LogP contribution in [0.3, 0.4) is 0 Å². The number of nitrogens with zero attached hydrogens (tertiary/aromatic N) is 3. The monoisotopic (exact) mass is 339 g/mol. The zero-order valence-electron chi connectivity index (χ0n) is 14.4. The minimum absolute atomic E-state index is 0.0813. The molecule has 1 heterocycles. The van der Waals surface area contributed by atoms with Crippen LogP contribution in [-0.4, -0.2) is 56.3 Å². The summed E-state index contributed by atoms with van der Waals surface area (Å²) in [7, 11) is 3.21. The van der Waals surface area contributed by atoms with Gasteiger partial charge in [0.05, 0.1) is 24.5 Å². The highest BCUT2D eigenvalue weighted by atomic mass is 16.5. The molecule has 6 nitrogen and oxygen atoms in total. The van der Waals surface area contributed by atoms with Crippen LogP contribution in [0.15, 0.2) is 42.6 Å². The number of carbonyl (C=O) groups is 1.